The van der Waals surface area contributed by atoms with Crippen molar-refractivity contribution in [1.82, 2.24) is 10.4 Å². The van der Waals surface area contributed by atoms with Crippen molar-refractivity contribution in [3.63, 3.8) is 0 Å². The monoisotopic (exact) mass is 389 g/mol. The number of benzene rings is 2. The number of aliphatic hydroxyl groups excluding tert-OH is 1. The third kappa shape index (κ3) is 4.85. The lowest BCUT2D eigenvalue weighted by Gasteiger charge is -2.39. The number of morpholine rings is 1. The van der Waals surface area contributed by atoms with E-state index in [1.54, 1.807) is 52.8 Å². The van der Waals surface area contributed by atoms with Crippen molar-refractivity contribution in [3.8, 4) is 0 Å². The summed E-state index contributed by atoms with van der Waals surface area (Å²) in [6.07, 6.45) is -0.904. The molecule has 150 valence electrons. The Labute approximate surface area is 162 Å². The van der Waals surface area contributed by atoms with Crippen molar-refractivity contribution in [3.05, 3.63) is 65.2 Å². The molecular weight excluding hydrogens is 365 g/mol. The smallest absolute Gasteiger partial charge is 0.274 e. The van der Waals surface area contributed by atoms with E-state index in [0.717, 1.165) is 5.56 Å². The molecule has 2 aromatic rings. The quantitative estimate of drug-likeness (QED) is 0.381. The Kier molecular flexibility index (Phi) is 6.94. The maximum absolute atomic E-state index is 13.1. The molecule has 3 N–H and O–H groups in total. The molecule has 1 unspecified atom stereocenters. The number of halogens is 1. The van der Waals surface area contributed by atoms with Crippen molar-refractivity contribution in [1.29, 1.82) is 0 Å². The molecule has 1 saturated heterocycles. The molecule has 1 amide bonds. The maximum Gasteiger partial charge on any atom is 0.274 e. The minimum absolute atomic E-state index is 0.325. The molecule has 0 aliphatic carbocycles. The largest absolute Gasteiger partial charge is 0.379 e. The molecule has 0 saturated carbocycles. The Balaban J connectivity index is 1.85. The van der Waals surface area contributed by atoms with Gasteiger partial charge in [0.1, 0.15) is 6.67 Å². The number of rotatable bonds is 7. The van der Waals surface area contributed by atoms with Gasteiger partial charge in [-0.15, -0.1) is 0 Å². The van der Waals surface area contributed by atoms with Gasteiger partial charge in [-0.3, -0.25) is 14.9 Å². The zero-order chi connectivity index (χ0) is 19.9. The van der Waals surface area contributed by atoms with E-state index in [0.29, 0.717) is 49.7 Å². The summed E-state index contributed by atoms with van der Waals surface area (Å²) in [5.41, 5.74) is 4.01. The minimum atomic E-state index is -0.904. The van der Waals surface area contributed by atoms with Crippen LogP contribution in [0.1, 0.15) is 21.5 Å². The molecular formula is C20H24FN3O4. The Morgan fingerprint density at radius 2 is 1.89 bits per heavy atom. The molecule has 28 heavy (non-hydrogen) atoms. The van der Waals surface area contributed by atoms with E-state index >= 15 is 0 Å². The topological polar surface area (TPSA) is 85.3 Å². The van der Waals surface area contributed by atoms with Crippen LogP contribution in [0.15, 0.2) is 48.5 Å². The van der Waals surface area contributed by atoms with Gasteiger partial charge in [0.25, 0.3) is 5.91 Å². The first-order chi connectivity index (χ1) is 13.6. The van der Waals surface area contributed by atoms with Crippen LogP contribution < -0.4 is 10.4 Å². The number of carbonyl (C=O) groups is 1. The number of amides is 1. The molecule has 0 spiro atoms. The fourth-order valence-corrected chi connectivity index (χ4v) is 3.15. The van der Waals surface area contributed by atoms with Gasteiger partial charge in [-0.1, -0.05) is 24.3 Å². The molecule has 1 fully saturated rings. The van der Waals surface area contributed by atoms with Crippen LogP contribution in [0.2, 0.25) is 0 Å². The van der Waals surface area contributed by atoms with Crippen molar-refractivity contribution in [2.45, 2.75) is 19.6 Å². The van der Waals surface area contributed by atoms with Crippen LogP contribution in [0.5, 0.6) is 0 Å². The molecule has 1 aliphatic rings. The zero-order valence-electron chi connectivity index (χ0n) is 15.4. The zero-order valence-corrected chi connectivity index (χ0v) is 15.4. The summed E-state index contributed by atoms with van der Waals surface area (Å²) in [6, 6.07) is 13.7. The summed E-state index contributed by atoms with van der Waals surface area (Å²) in [6.45, 7) is 2.04. The van der Waals surface area contributed by atoms with Crippen LogP contribution in [0.4, 0.5) is 10.1 Å². The molecule has 3 rings (SSSR count). The number of anilines is 1. The molecule has 0 radical (unpaired) electrons. The first kappa shape index (κ1) is 20.2. The van der Waals surface area contributed by atoms with Gasteiger partial charge in [-0.25, -0.2) is 9.87 Å². The van der Waals surface area contributed by atoms with Gasteiger partial charge < -0.3 is 14.7 Å². The van der Waals surface area contributed by atoms with E-state index in [9.17, 15) is 14.3 Å². The highest BCUT2D eigenvalue weighted by atomic mass is 19.1. The van der Waals surface area contributed by atoms with E-state index in [4.69, 9.17) is 9.94 Å². The van der Waals surface area contributed by atoms with Gasteiger partial charge in [-0.05, 0) is 35.4 Å². The highest BCUT2D eigenvalue weighted by Gasteiger charge is 2.25. The lowest BCUT2D eigenvalue weighted by molar-refractivity contribution is -0.0597. The predicted molar refractivity (Wildman–Crippen MR) is 102 cm³/mol. The summed E-state index contributed by atoms with van der Waals surface area (Å²) < 4.78 is 18.5. The van der Waals surface area contributed by atoms with Gasteiger partial charge >= 0.3 is 0 Å². The number of nitrogens with zero attached hydrogens (tertiary/aromatic N) is 2. The van der Waals surface area contributed by atoms with Crippen molar-refractivity contribution in [2.24, 2.45) is 0 Å². The van der Waals surface area contributed by atoms with Gasteiger partial charge in [0.2, 0.25) is 0 Å². The second-order valence-corrected chi connectivity index (χ2v) is 6.56. The number of nitrogens with one attached hydrogen (secondary N) is 1. The second-order valence-electron chi connectivity index (χ2n) is 6.56. The summed E-state index contributed by atoms with van der Waals surface area (Å²) in [4.78, 5) is 15.2. The van der Waals surface area contributed by atoms with Gasteiger partial charge in [0, 0.05) is 30.9 Å². The number of hydroxylamine groups is 1. The van der Waals surface area contributed by atoms with Crippen molar-refractivity contribution in [2.75, 3.05) is 31.2 Å². The highest BCUT2D eigenvalue weighted by Crippen LogP contribution is 2.23. The Bertz CT molecular complexity index is 781. The summed E-state index contributed by atoms with van der Waals surface area (Å²) in [5, 5.41) is 19.7. The molecule has 1 aliphatic heterocycles. The number of hydrogen-bond donors (Lipinski definition) is 3. The third-order valence-corrected chi connectivity index (χ3v) is 4.72. The number of aliphatic hydroxyl groups is 1. The van der Waals surface area contributed by atoms with Gasteiger partial charge in [0.15, 0.2) is 6.35 Å². The number of hydrogen-bond acceptors (Lipinski definition) is 6. The van der Waals surface area contributed by atoms with Crippen LogP contribution >= 0.6 is 0 Å². The van der Waals surface area contributed by atoms with Crippen LogP contribution in [0.25, 0.3) is 0 Å². The number of ether oxygens (including phenoxy) is 1. The van der Waals surface area contributed by atoms with Crippen LogP contribution in [-0.4, -0.2) is 53.8 Å². The summed E-state index contributed by atoms with van der Waals surface area (Å²) in [5.74, 6) is -0.590. The second kappa shape index (κ2) is 9.61. The lowest BCUT2D eigenvalue weighted by atomic mass is 10.1. The van der Waals surface area contributed by atoms with E-state index in [-0.39, 0.29) is 0 Å². The molecule has 8 heteroatoms. The van der Waals surface area contributed by atoms with Crippen LogP contribution in [0.3, 0.4) is 0 Å². The van der Waals surface area contributed by atoms with E-state index < -0.39 is 18.9 Å². The van der Waals surface area contributed by atoms with Crippen molar-refractivity contribution >= 4 is 11.6 Å². The normalized spacial score (nSPS) is 15.8. The van der Waals surface area contributed by atoms with E-state index in [2.05, 4.69) is 0 Å². The fraction of sp³-hybridized carbons (Fsp3) is 0.350. The molecule has 0 aromatic heterocycles. The Morgan fingerprint density at radius 3 is 2.54 bits per heavy atom. The number of carbonyl (C=O) groups excluding carboxylic acids is 1. The van der Waals surface area contributed by atoms with Gasteiger partial charge in [-0.2, -0.15) is 0 Å². The molecule has 1 atom stereocenters. The number of alkyl halides is 1. The first-order valence-corrected chi connectivity index (χ1v) is 9.07. The third-order valence-electron chi connectivity index (χ3n) is 4.72. The predicted octanol–water partition coefficient (Wildman–Crippen LogP) is 1.89. The molecule has 2 aromatic carbocycles. The summed E-state index contributed by atoms with van der Waals surface area (Å²) in [7, 11) is 0. The molecule has 7 nitrogen and oxygen atoms in total. The average Bonchev–Trinajstić information content (AvgIpc) is 2.77. The standard InChI is InChI=1S/C20H24FN3O4/c21-13-16-2-1-3-18(12-16)24(20(26)23-8-10-28-11-9-23)14-15-4-6-17(7-5-15)19(25)22-27/h1-7,12,20,26-27H,8-11,13-14H2,(H,22,25). The fourth-order valence-electron chi connectivity index (χ4n) is 3.15. The molecule has 0 bridgehead atoms. The summed E-state index contributed by atoms with van der Waals surface area (Å²) >= 11 is 0. The van der Waals surface area contributed by atoms with Crippen LogP contribution in [0, 0.1) is 0 Å². The first-order valence-electron chi connectivity index (χ1n) is 9.07. The van der Waals surface area contributed by atoms with E-state index in [1.807, 2.05) is 11.0 Å². The molecule has 1 heterocycles. The Morgan fingerprint density at radius 1 is 1.18 bits per heavy atom. The van der Waals surface area contributed by atoms with Gasteiger partial charge in [0.05, 0.1) is 13.2 Å². The van der Waals surface area contributed by atoms with E-state index in [1.165, 1.54) is 0 Å². The maximum atomic E-state index is 13.1. The highest BCUT2D eigenvalue weighted by molar-refractivity contribution is 5.93. The van der Waals surface area contributed by atoms with Crippen molar-refractivity contribution < 1.29 is 24.2 Å². The van der Waals surface area contributed by atoms with Crippen LogP contribution in [-0.2, 0) is 18.0 Å². The SMILES string of the molecule is O=C(NO)c1ccc(CN(c2cccc(CF)c2)C(O)N2CCOCC2)cc1. The lowest BCUT2D eigenvalue weighted by Crippen LogP contribution is -2.52. The average molecular weight is 389 g/mol. The minimum Gasteiger partial charge on any atom is -0.379 e. The Hall–Kier alpha value is -2.52.